The molecule has 0 unspecified atom stereocenters. The van der Waals surface area contributed by atoms with Crippen molar-refractivity contribution in [2.45, 2.75) is 6.54 Å². The van der Waals surface area contributed by atoms with Crippen LogP contribution in [0.2, 0.25) is 0 Å². The van der Waals surface area contributed by atoms with E-state index in [0.29, 0.717) is 17.9 Å². The number of hydrogen-bond acceptors (Lipinski definition) is 4. The van der Waals surface area contributed by atoms with Gasteiger partial charge in [-0.25, -0.2) is 0 Å². The molecule has 0 saturated carbocycles. The van der Waals surface area contributed by atoms with Crippen molar-refractivity contribution in [1.82, 2.24) is 9.78 Å². The molecule has 0 atom stereocenters. The fourth-order valence-electron chi connectivity index (χ4n) is 3.09. The van der Waals surface area contributed by atoms with E-state index >= 15 is 0 Å². The fourth-order valence-corrected chi connectivity index (χ4v) is 3.09. The number of anilines is 1. The van der Waals surface area contributed by atoms with Crippen LogP contribution in [0.25, 0.3) is 11.3 Å². The van der Waals surface area contributed by atoms with Crippen LogP contribution in [0, 0.1) is 0 Å². The molecule has 0 aliphatic rings. The molecule has 3 aromatic carbocycles. The summed E-state index contributed by atoms with van der Waals surface area (Å²) in [6.07, 6.45) is 0. The second-order valence-corrected chi connectivity index (χ2v) is 6.57. The average Bonchev–Trinajstić information content (AvgIpc) is 3.23. The standard InChI is InChI=1S/C24H21N3O2/c1-29-21-14-8-9-18(15-21)17-25-23-16-22(19-10-4-2-5-11-19)26-27(23)24(28)20-12-6-3-7-13-20/h2-16,25H,17H2,1H3. The highest BCUT2D eigenvalue weighted by atomic mass is 16.5. The minimum Gasteiger partial charge on any atom is -0.497 e. The van der Waals surface area contributed by atoms with Gasteiger partial charge in [-0.2, -0.15) is 9.78 Å². The van der Waals surface area contributed by atoms with Crippen LogP contribution >= 0.6 is 0 Å². The summed E-state index contributed by atoms with van der Waals surface area (Å²) in [6.45, 7) is 0.541. The summed E-state index contributed by atoms with van der Waals surface area (Å²) in [5.41, 5.74) is 3.32. The quantitative estimate of drug-likeness (QED) is 0.517. The maximum absolute atomic E-state index is 13.1. The van der Waals surface area contributed by atoms with Crippen LogP contribution in [0.15, 0.2) is 91.0 Å². The molecule has 5 heteroatoms. The molecule has 0 amide bonds. The van der Waals surface area contributed by atoms with Gasteiger partial charge in [0, 0.05) is 23.7 Å². The smallest absolute Gasteiger partial charge is 0.280 e. The van der Waals surface area contributed by atoms with Gasteiger partial charge in [0.05, 0.1) is 12.8 Å². The van der Waals surface area contributed by atoms with Crippen LogP contribution < -0.4 is 10.1 Å². The highest BCUT2D eigenvalue weighted by Crippen LogP contribution is 2.23. The second kappa shape index (κ2) is 8.44. The van der Waals surface area contributed by atoms with Crippen molar-refractivity contribution in [3.63, 3.8) is 0 Å². The van der Waals surface area contributed by atoms with Gasteiger partial charge in [0.2, 0.25) is 0 Å². The topological polar surface area (TPSA) is 56.1 Å². The molecule has 0 spiro atoms. The molecule has 4 rings (SSSR count). The van der Waals surface area contributed by atoms with Crippen molar-refractivity contribution in [2.75, 3.05) is 12.4 Å². The number of aromatic nitrogens is 2. The van der Waals surface area contributed by atoms with Crippen LogP contribution in [-0.2, 0) is 6.54 Å². The molecule has 0 aliphatic heterocycles. The lowest BCUT2D eigenvalue weighted by molar-refractivity contribution is 0.0948. The number of nitrogens with one attached hydrogen (secondary N) is 1. The molecule has 1 aromatic heterocycles. The Balaban J connectivity index is 1.67. The highest BCUT2D eigenvalue weighted by Gasteiger charge is 2.17. The predicted octanol–water partition coefficient (Wildman–Crippen LogP) is 4.86. The molecule has 4 aromatic rings. The van der Waals surface area contributed by atoms with E-state index in [0.717, 1.165) is 22.6 Å². The molecule has 1 N–H and O–H groups in total. The lowest BCUT2D eigenvalue weighted by Gasteiger charge is -2.09. The van der Waals surface area contributed by atoms with Crippen LogP contribution in [0.5, 0.6) is 5.75 Å². The summed E-state index contributed by atoms with van der Waals surface area (Å²) in [5.74, 6) is 1.25. The largest absolute Gasteiger partial charge is 0.497 e. The van der Waals surface area contributed by atoms with Crippen LogP contribution in [0.1, 0.15) is 15.9 Å². The Morgan fingerprint density at radius 2 is 1.66 bits per heavy atom. The van der Waals surface area contributed by atoms with Crippen LogP contribution in [0.4, 0.5) is 5.82 Å². The molecule has 0 aliphatic carbocycles. The van der Waals surface area contributed by atoms with Crippen molar-refractivity contribution >= 4 is 11.7 Å². The van der Waals surface area contributed by atoms with Gasteiger partial charge in [0.15, 0.2) is 0 Å². The van der Waals surface area contributed by atoms with E-state index < -0.39 is 0 Å². The van der Waals surface area contributed by atoms with Gasteiger partial charge in [0.1, 0.15) is 11.6 Å². The van der Waals surface area contributed by atoms with Gasteiger partial charge in [-0.05, 0) is 29.8 Å². The Kier molecular flexibility index (Phi) is 5.38. The first-order chi connectivity index (χ1) is 14.2. The number of carbonyl (C=O) groups is 1. The molecule has 0 radical (unpaired) electrons. The average molecular weight is 383 g/mol. The third kappa shape index (κ3) is 4.19. The van der Waals surface area contributed by atoms with E-state index in [1.165, 1.54) is 4.68 Å². The fraction of sp³-hybridized carbons (Fsp3) is 0.0833. The van der Waals surface area contributed by atoms with E-state index in [1.807, 2.05) is 78.9 Å². The third-order valence-corrected chi connectivity index (χ3v) is 4.60. The first kappa shape index (κ1) is 18.5. The Morgan fingerprint density at radius 1 is 0.931 bits per heavy atom. The molecule has 5 nitrogen and oxygen atoms in total. The van der Waals surface area contributed by atoms with E-state index in [1.54, 1.807) is 19.2 Å². The van der Waals surface area contributed by atoms with Gasteiger partial charge < -0.3 is 10.1 Å². The van der Waals surface area contributed by atoms with Crippen LogP contribution in [0.3, 0.4) is 0 Å². The number of carbonyl (C=O) groups excluding carboxylic acids is 1. The van der Waals surface area contributed by atoms with E-state index in [-0.39, 0.29) is 5.91 Å². The first-order valence-electron chi connectivity index (χ1n) is 9.36. The zero-order chi connectivity index (χ0) is 20.1. The molecule has 1 heterocycles. The minimum absolute atomic E-state index is 0.180. The Morgan fingerprint density at radius 3 is 2.38 bits per heavy atom. The molecule has 144 valence electrons. The van der Waals surface area contributed by atoms with Gasteiger partial charge in [-0.15, -0.1) is 0 Å². The monoisotopic (exact) mass is 383 g/mol. The normalized spacial score (nSPS) is 10.5. The van der Waals surface area contributed by atoms with Crippen molar-refractivity contribution in [1.29, 1.82) is 0 Å². The Labute approximate surface area is 169 Å². The van der Waals surface area contributed by atoms with Gasteiger partial charge >= 0.3 is 0 Å². The summed E-state index contributed by atoms with van der Waals surface area (Å²) >= 11 is 0. The molecular formula is C24H21N3O2. The molecule has 0 saturated heterocycles. The Bertz CT molecular complexity index is 1110. The van der Waals surface area contributed by atoms with Gasteiger partial charge in [-0.3, -0.25) is 4.79 Å². The number of ether oxygens (including phenoxy) is 1. The maximum atomic E-state index is 13.1. The molecule has 0 fully saturated rings. The second-order valence-electron chi connectivity index (χ2n) is 6.57. The van der Waals surface area contributed by atoms with Gasteiger partial charge in [0.25, 0.3) is 5.91 Å². The summed E-state index contributed by atoms with van der Waals surface area (Å²) < 4.78 is 6.72. The van der Waals surface area contributed by atoms with Crippen molar-refractivity contribution < 1.29 is 9.53 Å². The molecular weight excluding hydrogens is 362 g/mol. The summed E-state index contributed by atoms with van der Waals surface area (Å²) in [7, 11) is 1.65. The number of rotatable bonds is 6. The first-order valence-corrected chi connectivity index (χ1v) is 9.36. The summed E-state index contributed by atoms with van der Waals surface area (Å²) in [4.78, 5) is 13.1. The van der Waals surface area contributed by atoms with Crippen LogP contribution in [-0.4, -0.2) is 22.8 Å². The number of hydrogen-bond donors (Lipinski definition) is 1. The third-order valence-electron chi connectivity index (χ3n) is 4.60. The zero-order valence-electron chi connectivity index (χ0n) is 16.1. The van der Waals surface area contributed by atoms with Crippen molar-refractivity contribution in [3.05, 3.63) is 102 Å². The molecule has 0 bridgehead atoms. The molecule has 29 heavy (non-hydrogen) atoms. The number of nitrogens with zero attached hydrogens (tertiary/aromatic N) is 2. The van der Waals surface area contributed by atoms with Crippen molar-refractivity contribution in [3.8, 4) is 17.0 Å². The SMILES string of the molecule is COc1cccc(CNc2cc(-c3ccccc3)nn2C(=O)c2ccccc2)c1. The summed E-state index contributed by atoms with van der Waals surface area (Å²) in [5, 5.41) is 7.93. The highest BCUT2D eigenvalue weighted by molar-refractivity contribution is 5.97. The predicted molar refractivity (Wildman–Crippen MR) is 114 cm³/mol. The van der Waals surface area contributed by atoms with Crippen molar-refractivity contribution in [2.24, 2.45) is 0 Å². The Hall–Kier alpha value is -3.86. The van der Waals surface area contributed by atoms with E-state index in [2.05, 4.69) is 10.4 Å². The van der Waals surface area contributed by atoms with E-state index in [4.69, 9.17) is 4.74 Å². The lowest BCUT2D eigenvalue weighted by atomic mass is 10.1. The number of benzene rings is 3. The lowest BCUT2D eigenvalue weighted by Crippen LogP contribution is -2.17. The van der Waals surface area contributed by atoms with E-state index in [9.17, 15) is 4.79 Å². The maximum Gasteiger partial charge on any atom is 0.280 e. The van der Waals surface area contributed by atoms with Gasteiger partial charge in [-0.1, -0.05) is 60.7 Å². The zero-order valence-corrected chi connectivity index (χ0v) is 16.1. The summed E-state index contributed by atoms with van der Waals surface area (Å²) in [6, 6.07) is 28.7. The minimum atomic E-state index is -0.180. The number of methoxy groups -OCH3 is 1.